The molecular formula is C67H50Cl8N17O11P. The number of fused-ring (bicyclic) bond motifs is 6. The number of nitrogens with two attached hydrogens (primary N) is 2. The number of aromatic hydroxyl groups is 1. The van der Waals surface area contributed by atoms with Crippen molar-refractivity contribution in [2.24, 2.45) is 0 Å². The van der Waals surface area contributed by atoms with Crippen molar-refractivity contribution in [3.05, 3.63) is 276 Å². The minimum Gasteiger partial charge on any atom is -0.508 e. The molecule has 12 aromatic heterocycles. The Kier molecular flexibility index (Phi) is 30.6. The number of nitrogen functional groups attached to an aromatic ring is 2. The number of H-pyrrole nitrogens is 3. The topological polar surface area (TPSA) is 430 Å². The maximum atomic E-state index is 11.7. The van der Waals surface area contributed by atoms with E-state index in [9.17, 15) is 38.1 Å². The van der Waals surface area contributed by atoms with Gasteiger partial charge in [-0.1, -0.05) is 41.4 Å². The van der Waals surface area contributed by atoms with Crippen LogP contribution in [-0.2, 0) is 4.57 Å². The van der Waals surface area contributed by atoms with E-state index in [1.54, 1.807) is 142 Å². The maximum Gasteiger partial charge on any atom is 0.354 e. The Balaban J connectivity index is 0.000000191. The molecule has 28 nitrogen and oxygen atoms in total. The molecule has 0 fully saturated rings. The summed E-state index contributed by atoms with van der Waals surface area (Å²) in [5, 5.41) is 23.5. The summed E-state index contributed by atoms with van der Waals surface area (Å²) < 4.78 is 15.4. The second kappa shape index (κ2) is 39.1. The number of amides is 2. The van der Waals surface area contributed by atoms with Crippen molar-refractivity contribution >= 4 is 203 Å². The number of carbonyl (C=O) groups excluding carboxylic acids is 3. The van der Waals surface area contributed by atoms with Gasteiger partial charge in [0.05, 0.1) is 79.5 Å². The van der Waals surface area contributed by atoms with E-state index in [1.807, 2.05) is 0 Å². The van der Waals surface area contributed by atoms with Gasteiger partial charge in [-0.05, 0) is 148 Å². The van der Waals surface area contributed by atoms with Gasteiger partial charge in [0.2, 0.25) is 0 Å². The molecule has 0 aliphatic heterocycles. The van der Waals surface area contributed by atoms with Crippen LogP contribution in [0.4, 0.5) is 17.2 Å². The highest BCUT2D eigenvalue weighted by molar-refractivity contribution is 8.24. The third-order valence-corrected chi connectivity index (χ3v) is 14.1. The van der Waals surface area contributed by atoms with Crippen LogP contribution in [-0.4, -0.2) is 107 Å². The van der Waals surface area contributed by atoms with Crippen molar-refractivity contribution < 1.29 is 38.7 Å². The Bertz CT molecular complexity index is 5680. The molecule has 0 spiro atoms. The SMILES string of the molecule is CNC(=O)c1cc2c(Cl)ccnc2cn1.CNC(=O)c1cc2c(Oc3ccc(N)cc3)ccnc2cn1.Cl.Nc1ccc(O)cc1.O=C(Cl)c1cc2c(Cl)ccnc2cn1.O=C(O)c1cc2c(=O)cc[nH]c2cn1.O=P(Cl)(Cl)Cl.O=c1cc[nH]c2cnc(Cl)cc12.[C-]#[N+]c1cc2c(=O)cc[nH]c2cn1. The minimum atomic E-state index is -3.22. The number of hydrogen-bond donors (Lipinski definition) is 9. The summed E-state index contributed by atoms with van der Waals surface area (Å²) in [7, 11) is 3.11. The number of phenols is 1. The largest absolute Gasteiger partial charge is 0.508 e. The lowest BCUT2D eigenvalue weighted by Gasteiger charge is -2.09. The van der Waals surface area contributed by atoms with Gasteiger partial charge in [-0.25, -0.2) is 29.7 Å². The van der Waals surface area contributed by atoms with Gasteiger partial charge in [0, 0.05) is 108 Å². The smallest absolute Gasteiger partial charge is 0.354 e. The molecule has 14 aromatic rings. The summed E-state index contributed by atoms with van der Waals surface area (Å²) in [5.74, 6) is 0.0990. The number of aromatic carboxylic acids is 1. The van der Waals surface area contributed by atoms with E-state index < -0.39 is 16.4 Å². The Morgan fingerprint density at radius 3 is 1.35 bits per heavy atom. The number of rotatable bonds is 6. The molecule has 0 saturated heterocycles. The molecule has 104 heavy (non-hydrogen) atoms. The summed E-state index contributed by atoms with van der Waals surface area (Å²) in [5.41, 5.74) is 16.5. The van der Waals surface area contributed by atoms with Gasteiger partial charge >= 0.3 is 11.2 Å². The van der Waals surface area contributed by atoms with E-state index in [0.717, 1.165) is 5.39 Å². The number of nitrogens with one attached hydrogen (secondary N) is 5. The van der Waals surface area contributed by atoms with Crippen molar-refractivity contribution in [3.63, 3.8) is 0 Å². The summed E-state index contributed by atoms with van der Waals surface area (Å²) >= 11 is 36.7. The first-order valence-electron chi connectivity index (χ1n) is 28.8. The van der Waals surface area contributed by atoms with Crippen molar-refractivity contribution in [3.8, 4) is 17.2 Å². The average Bonchev–Trinajstić information content (AvgIpc) is 0.791. The summed E-state index contributed by atoms with van der Waals surface area (Å²) in [6, 6.07) is 31.9. The number of carboxylic acid groups (broad SMARTS) is 1. The fraction of sp³-hybridized carbons (Fsp3) is 0.0299. The number of halogens is 8. The fourth-order valence-corrected chi connectivity index (χ4v) is 8.92. The highest BCUT2D eigenvalue weighted by atomic mass is 36.0. The molecule has 0 aliphatic carbocycles. The minimum absolute atomic E-state index is 0. The molecule has 12 heterocycles. The van der Waals surface area contributed by atoms with Crippen LogP contribution in [0, 0.1) is 6.57 Å². The predicted octanol–water partition coefficient (Wildman–Crippen LogP) is 14.5. The van der Waals surface area contributed by atoms with E-state index >= 15 is 0 Å². The molecule has 0 saturated carbocycles. The zero-order valence-corrected chi connectivity index (χ0v) is 60.2. The van der Waals surface area contributed by atoms with Gasteiger partial charge in [-0.2, -0.15) is 0 Å². The zero-order chi connectivity index (χ0) is 74.9. The lowest BCUT2D eigenvalue weighted by atomic mass is 10.2. The number of carbonyl (C=O) groups is 4. The highest BCUT2D eigenvalue weighted by Crippen LogP contribution is 2.61. The Morgan fingerprint density at radius 1 is 0.510 bits per heavy atom. The standard InChI is InChI=1S/C16H14N4O2.C10H8ClN3O.C9H4Cl2N2O.C9H5N3O.C9H6N2O3.C8H5ClN2O.C6H7NO.Cl3OP.ClH/c1-18-16(21)13-8-12-14(9-20-13)19-7-6-15(12)22-11-4-2-10(17)3-5-11;1-12-10(15)8-4-6-7(11)2-3-13-9(6)5-14-8;10-6-1-2-12-8-4-13-7(9(11)14)3-5(6)8;1-10-9-4-6-7(5-12-9)11-3-2-8(6)13;12-8-1-2-10-7-4-11-6(9(13)14)3-5(7)8;9-8-3-5-6(4-11-8)10-2-1-7(5)12;7-5-1-3-6(8)4-2-5;1-5(2,3)4;/h2-9H,17H2,1H3,(H,18,21);2-5H,1H3,(H,12,15);1-4H;2-5H,(H,11,13);1-4H,(H,10,12)(H,13,14);1-4H,(H,10,12);1-4,8H,7H2;;1H. The molecule has 37 heteroatoms. The van der Waals surface area contributed by atoms with E-state index in [2.05, 4.69) is 109 Å². The van der Waals surface area contributed by atoms with Crippen LogP contribution in [0.5, 0.6) is 17.2 Å². The molecule has 0 atom stereocenters. The summed E-state index contributed by atoms with van der Waals surface area (Å²) in [4.78, 5) is 126. The van der Waals surface area contributed by atoms with E-state index in [1.165, 1.54) is 67.4 Å². The Morgan fingerprint density at radius 2 is 0.894 bits per heavy atom. The first-order chi connectivity index (χ1) is 49.1. The van der Waals surface area contributed by atoms with E-state index in [0.29, 0.717) is 109 Å². The van der Waals surface area contributed by atoms with Crippen LogP contribution in [0.25, 0.3) is 70.3 Å². The predicted molar refractivity (Wildman–Crippen MR) is 407 cm³/mol. The van der Waals surface area contributed by atoms with Crippen LogP contribution in [0.2, 0.25) is 15.2 Å². The summed E-state index contributed by atoms with van der Waals surface area (Å²) in [6.45, 7) is 6.74. The molecule has 2 aromatic carbocycles. The average molecular weight is 1580 g/mol. The van der Waals surface area contributed by atoms with Gasteiger partial charge in [0.1, 0.15) is 51.4 Å². The van der Waals surface area contributed by atoms with Crippen molar-refractivity contribution in [2.45, 2.75) is 0 Å². The number of anilines is 2. The fourth-order valence-electron chi connectivity index (χ4n) is 8.25. The first kappa shape index (κ1) is 81.5. The second-order valence-electron chi connectivity index (χ2n) is 19.9. The monoisotopic (exact) mass is 1580 g/mol. The molecule has 0 unspecified atom stereocenters. The Labute approximate surface area is 626 Å². The molecule has 2 amide bonds. The van der Waals surface area contributed by atoms with E-state index in [4.69, 9.17) is 79.4 Å². The van der Waals surface area contributed by atoms with Crippen molar-refractivity contribution in [1.29, 1.82) is 0 Å². The molecule has 0 bridgehead atoms. The third kappa shape index (κ3) is 24.4. The number of carboxylic acids is 1. The molecule has 530 valence electrons. The maximum absolute atomic E-state index is 11.7. The van der Waals surface area contributed by atoms with Gasteiger partial charge in [0.25, 0.3) is 22.9 Å². The number of hydrogen-bond acceptors (Lipinski definition) is 21. The van der Waals surface area contributed by atoms with E-state index in [-0.39, 0.29) is 63.5 Å². The third-order valence-electron chi connectivity index (χ3n) is 13.1. The molecule has 0 aliphatic rings. The van der Waals surface area contributed by atoms with Gasteiger partial charge in [-0.15, -0.1) is 17.4 Å². The van der Waals surface area contributed by atoms with Crippen LogP contribution in [0.1, 0.15) is 42.0 Å². The number of pyridine rings is 12. The lowest BCUT2D eigenvalue weighted by Crippen LogP contribution is -2.19. The van der Waals surface area contributed by atoms with Gasteiger partial charge in [0.15, 0.2) is 16.3 Å². The van der Waals surface area contributed by atoms with Gasteiger partial charge in [-0.3, -0.25) is 48.3 Å². The highest BCUT2D eigenvalue weighted by Gasteiger charge is 2.13. The van der Waals surface area contributed by atoms with Crippen LogP contribution in [0.3, 0.4) is 0 Å². The normalized spacial score (nSPS) is 10.2. The number of nitrogens with zero attached hydrogens (tertiary/aromatic N) is 10. The summed E-state index contributed by atoms with van der Waals surface area (Å²) in [6.07, 6.45) is 18.4. The zero-order valence-electron chi connectivity index (χ0n) is 53.2. The molecule has 14 rings (SSSR count). The number of aromatic amines is 3. The molecule has 11 N–H and O–H groups in total. The number of aromatic nitrogens is 12. The van der Waals surface area contributed by atoms with Gasteiger partial charge < -0.3 is 56.8 Å². The Hall–Kier alpha value is -11.5. The van der Waals surface area contributed by atoms with Crippen molar-refractivity contribution in [2.75, 3.05) is 25.6 Å². The molecule has 0 radical (unpaired) electrons. The first-order valence-corrected chi connectivity index (χ1v) is 34.7. The van der Waals surface area contributed by atoms with Crippen LogP contribution >= 0.6 is 97.7 Å². The second-order valence-corrected chi connectivity index (χ2v) is 28.1. The number of phenolic OH excluding ortho intramolecular Hbond substituents is 1. The number of ether oxygens (including phenoxy) is 1. The van der Waals surface area contributed by atoms with Crippen LogP contribution in [0.15, 0.2) is 210 Å². The van der Waals surface area contributed by atoms with Crippen molar-refractivity contribution in [1.82, 2.24) is 70.4 Å². The van der Waals surface area contributed by atoms with Crippen LogP contribution < -0.4 is 43.1 Å². The lowest BCUT2D eigenvalue weighted by molar-refractivity contribution is 0.0690. The molecular weight excluding hydrogens is 1530 g/mol. The quantitative estimate of drug-likeness (QED) is 0.0186. The number of benzene rings is 2.